The molecule has 1 aromatic carbocycles. The molecular formula is C15H20BrClN2O3. The fourth-order valence-corrected chi connectivity index (χ4v) is 2.47. The topological polar surface area (TPSA) is 67.4 Å². The molecule has 1 aliphatic heterocycles. The molecule has 2 N–H and O–H groups in total. The number of rotatable bonds is 5. The lowest BCUT2D eigenvalue weighted by molar-refractivity contribution is -0.146. The number of methoxy groups -OCH3 is 1. The molecule has 22 heavy (non-hydrogen) atoms. The number of hydrogen-bond acceptors (Lipinski definition) is 4. The van der Waals surface area contributed by atoms with Crippen molar-refractivity contribution in [2.24, 2.45) is 11.8 Å². The minimum atomic E-state index is -0.772. The van der Waals surface area contributed by atoms with Crippen LogP contribution in [0.4, 0.5) is 0 Å². The smallest absolute Gasteiger partial charge is 0.333 e. The third kappa shape index (κ3) is 4.44. The van der Waals surface area contributed by atoms with Crippen molar-refractivity contribution in [3.63, 3.8) is 0 Å². The van der Waals surface area contributed by atoms with Gasteiger partial charge in [0, 0.05) is 10.4 Å². The summed E-state index contributed by atoms with van der Waals surface area (Å²) in [5.41, 5.74) is 0.706. The Bertz CT molecular complexity index is 520. The molecule has 1 amide bonds. The predicted molar refractivity (Wildman–Crippen MR) is 89.8 cm³/mol. The van der Waals surface area contributed by atoms with Gasteiger partial charge in [-0.2, -0.15) is 0 Å². The van der Waals surface area contributed by atoms with E-state index in [0.29, 0.717) is 11.5 Å². The van der Waals surface area contributed by atoms with E-state index in [2.05, 4.69) is 26.6 Å². The highest BCUT2D eigenvalue weighted by atomic mass is 79.9. The maximum absolute atomic E-state index is 12.3. The average Bonchev–Trinajstić information content (AvgIpc) is 2.43. The van der Waals surface area contributed by atoms with Crippen molar-refractivity contribution in [1.29, 1.82) is 0 Å². The van der Waals surface area contributed by atoms with Gasteiger partial charge in [-0.3, -0.25) is 4.79 Å². The van der Waals surface area contributed by atoms with E-state index in [1.807, 2.05) is 19.1 Å². The molecular weight excluding hydrogens is 372 g/mol. The first-order valence-electron chi connectivity index (χ1n) is 6.87. The van der Waals surface area contributed by atoms with E-state index < -0.39 is 12.0 Å². The lowest BCUT2D eigenvalue weighted by Crippen LogP contribution is -2.50. The number of nitrogens with one attached hydrogen (secondary N) is 2. The second-order valence-corrected chi connectivity index (χ2v) is 6.14. The Morgan fingerprint density at radius 1 is 1.32 bits per heavy atom. The maximum Gasteiger partial charge on any atom is 0.333 e. The molecule has 0 radical (unpaired) electrons. The number of ether oxygens (including phenoxy) is 1. The Kier molecular flexibility index (Phi) is 7.32. The Labute approximate surface area is 144 Å². The van der Waals surface area contributed by atoms with Crippen molar-refractivity contribution in [2.45, 2.75) is 13.0 Å². The van der Waals surface area contributed by atoms with Crippen molar-refractivity contribution >= 4 is 40.2 Å². The molecule has 1 heterocycles. The zero-order chi connectivity index (χ0) is 15.4. The number of carbonyl (C=O) groups excluding carboxylic acids is 2. The Balaban J connectivity index is 0.00000242. The van der Waals surface area contributed by atoms with Gasteiger partial charge in [0.25, 0.3) is 0 Å². The fraction of sp³-hybridized carbons (Fsp3) is 0.467. The Morgan fingerprint density at radius 2 is 1.91 bits per heavy atom. The number of halogens is 2. The third-order valence-corrected chi connectivity index (χ3v) is 4.39. The molecule has 2 unspecified atom stereocenters. The van der Waals surface area contributed by atoms with Crippen LogP contribution < -0.4 is 10.6 Å². The van der Waals surface area contributed by atoms with Gasteiger partial charge in [-0.25, -0.2) is 4.79 Å². The molecule has 1 aromatic rings. The van der Waals surface area contributed by atoms with Crippen molar-refractivity contribution < 1.29 is 14.3 Å². The van der Waals surface area contributed by atoms with Crippen LogP contribution in [-0.4, -0.2) is 32.1 Å². The quantitative estimate of drug-likeness (QED) is 0.754. The van der Waals surface area contributed by atoms with Gasteiger partial charge in [0.05, 0.1) is 7.11 Å². The molecule has 0 saturated carbocycles. The highest BCUT2D eigenvalue weighted by Crippen LogP contribution is 2.21. The van der Waals surface area contributed by atoms with Crippen molar-refractivity contribution in [3.05, 3.63) is 34.3 Å². The van der Waals surface area contributed by atoms with E-state index >= 15 is 0 Å². The van der Waals surface area contributed by atoms with E-state index in [1.165, 1.54) is 7.11 Å². The van der Waals surface area contributed by atoms with E-state index in [4.69, 9.17) is 4.74 Å². The molecule has 1 fully saturated rings. The second kappa shape index (κ2) is 8.50. The second-order valence-electron chi connectivity index (χ2n) is 5.22. The Morgan fingerprint density at radius 3 is 2.36 bits per heavy atom. The normalized spacial score (nSPS) is 16.7. The van der Waals surface area contributed by atoms with Gasteiger partial charge in [0.15, 0.2) is 6.04 Å². The summed E-state index contributed by atoms with van der Waals surface area (Å²) in [7, 11) is 1.32. The first-order valence-corrected chi connectivity index (χ1v) is 7.66. The molecule has 5 nitrogen and oxygen atoms in total. The minimum Gasteiger partial charge on any atom is -0.467 e. The SMILES string of the molecule is COC(=O)C(NC(=O)C(C)C1CNC1)c1ccc(Br)cc1.Cl. The summed E-state index contributed by atoms with van der Waals surface area (Å²) >= 11 is 3.35. The van der Waals surface area contributed by atoms with Crippen LogP contribution in [0.1, 0.15) is 18.5 Å². The predicted octanol–water partition coefficient (Wildman–Crippen LogP) is 2.06. The zero-order valence-electron chi connectivity index (χ0n) is 12.5. The minimum absolute atomic E-state index is 0. The zero-order valence-corrected chi connectivity index (χ0v) is 14.9. The molecule has 1 aliphatic rings. The van der Waals surface area contributed by atoms with Crippen LogP contribution in [0.5, 0.6) is 0 Å². The first-order chi connectivity index (χ1) is 10.0. The summed E-state index contributed by atoms with van der Waals surface area (Å²) in [5, 5.41) is 5.94. The van der Waals surface area contributed by atoms with Crippen LogP contribution in [0.3, 0.4) is 0 Å². The molecule has 2 rings (SSSR count). The monoisotopic (exact) mass is 390 g/mol. The van der Waals surface area contributed by atoms with Crippen LogP contribution in [0.15, 0.2) is 28.7 Å². The number of amides is 1. The molecule has 0 aliphatic carbocycles. The molecule has 2 atom stereocenters. The van der Waals surface area contributed by atoms with Crippen molar-refractivity contribution in [2.75, 3.05) is 20.2 Å². The average molecular weight is 392 g/mol. The van der Waals surface area contributed by atoms with Gasteiger partial charge in [0.1, 0.15) is 0 Å². The lowest BCUT2D eigenvalue weighted by Gasteiger charge is -2.32. The van der Waals surface area contributed by atoms with E-state index in [1.54, 1.807) is 12.1 Å². The van der Waals surface area contributed by atoms with Gasteiger partial charge >= 0.3 is 5.97 Å². The van der Waals surface area contributed by atoms with Crippen LogP contribution in [-0.2, 0) is 14.3 Å². The van der Waals surface area contributed by atoms with Gasteiger partial charge in [-0.15, -0.1) is 12.4 Å². The lowest BCUT2D eigenvalue weighted by atomic mass is 9.88. The number of carbonyl (C=O) groups is 2. The number of benzene rings is 1. The van der Waals surface area contributed by atoms with Gasteiger partial charge in [-0.1, -0.05) is 35.0 Å². The number of hydrogen-bond donors (Lipinski definition) is 2. The van der Waals surface area contributed by atoms with Crippen LogP contribution in [0.2, 0.25) is 0 Å². The van der Waals surface area contributed by atoms with E-state index in [0.717, 1.165) is 17.6 Å². The summed E-state index contributed by atoms with van der Waals surface area (Å²) in [6.07, 6.45) is 0. The van der Waals surface area contributed by atoms with Crippen LogP contribution in [0.25, 0.3) is 0 Å². The highest BCUT2D eigenvalue weighted by molar-refractivity contribution is 9.10. The molecule has 122 valence electrons. The largest absolute Gasteiger partial charge is 0.467 e. The van der Waals surface area contributed by atoms with E-state index in [9.17, 15) is 9.59 Å². The van der Waals surface area contributed by atoms with E-state index in [-0.39, 0.29) is 24.2 Å². The first kappa shape index (κ1) is 18.9. The summed E-state index contributed by atoms with van der Waals surface area (Å²) in [4.78, 5) is 24.2. The van der Waals surface area contributed by atoms with Crippen molar-refractivity contribution in [3.8, 4) is 0 Å². The van der Waals surface area contributed by atoms with Gasteiger partial charge < -0.3 is 15.4 Å². The molecule has 0 spiro atoms. The molecule has 7 heteroatoms. The summed E-state index contributed by atoms with van der Waals surface area (Å²) < 4.78 is 5.71. The third-order valence-electron chi connectivity index (χ3n) is 3.86. The number of esters is 1. The highest BCUT2D eigenvalue weighted by Gasteiger charge is 2.32. The molecule has 0 aromatic heterocycles. The summed E-state index contributed by atoms with van der Waals surface area (Å²) in [6, 6.07) is 6.47. The molecule has 1 saturated heterocycles. The van der Waals surface area contributed by atoms with Crippen molar-refractivity contribution in [1.82, 2.24) is 10.6 Å². The Hall–Kier alpha value is -1.11. The summed E-state index contributed by atoms with van der Waals surface area (Å²) in [6.45, 7) is 3.57. The summed E-state index contributed by atoms with van der Waals surface area (Å²) in [5.74, 6) is -0.397. The van der Waals surface area contributed by atoms with Crippen LogP contribution in [0, 0.1) is 11.8 Å². The van der Waals surface area contributed by atoms with Gasteiger partial charge in [0.2, 0.25) is 5.91 Å². The van der Waals surface area contributed by atoms with Crippen LogP contribution >= 0.6 is 28.3 Å². The fourth-order valence-electron chi connectivity index (χ4n) is 2.20. The van der Waals surface area contributed by atoms with Gasteiger partial charge in [-0.05, 0) is 36.7 Å². The molecule has 0 bridgehead atoms. The standard InChI is InChI=1S/C15H19BrN2O3.ClH/c1-9(11-7-17-8-11)14(19)18-13(15(20)21-2)10-3-5-12(16)6-4-10;/h3-6,9,11,13,17H,7-8H2,1-2H3,(H,18,19);1H. The maximum atomic E-state index is 12.3.